The lowest BCUT2D eigenvalue weighted by molar-refractivity contribution is 0.452. The molecule has 0 bridgehead atoms. The molecule has 0 saturated heterocycles. The first-order chi connectivity index (χ1) is 8.22. The molecule has 0 heterocycles. The van der Waals surface area contributed by atoms with Gasteiger partial charge in [0, 0.05) is 0 Å². The maximum absolute atomic E-state index is 3.91. The van der Waals surface area contributed by atoms with Crippen LogP contribution in [0.25, 0.3) is 0 Å². The van der Waals surface area contributed by atoms with Crippen molar-refractivity contribution in [1.29, 1.82) is 0 Å². The van der Waals surface area contributed by atoms with Gasteiger partial charge in [-0.15, -0.1) is 14.5 Å². The third-order valence-electron chi connectivity index (χ3n) is 4.79. The van der Waals surface area contributed by atoms with Gasteiger partial charge < -0.3 is 0 Å². The monoisotopic (exact) mass is 268 g/mol. The third kappa shape index (κ3) is 5.27. The van der Waals surface area contributed by atoms with Gasteiger partial charge in [0.1, 0.15) is 0 Å². The van der Waals surface area contributed by atoms with Crippen molar-refractivity contribution in [3.63, 3.8) is 0 Å². The van der Waals surface area contributed by atoms with Crippen molar-refractivity contribution in [1.82, 2.24) is 0 Å². The van der Waals surface area contributed by atoms with Crippen LogP contribution in [0.4, 0.5) is 0 Å². The normalized spacial score (nSPS) is 20.1. The first kappa shape index (κ1) is 17.9. The summed E-state index contributed by atoms with van der Waals surface area (Å²) in [5, 5.41) is 0. The summed E-state index contributed by atoms with van der Waals surface area (Å²) >= 11 is 0. The Hall–Kier alpha value is -0.0900. The van der Waals surface area contributed by atoms with E-state index in [2.05, 4.69) is 67.5 Å². The predicted octanol–water partition coefficient (Wildman–Crippen LogP) is 5.94. The molecule has 0 aliphatic rings. The van der Waals surface area contributed by atoms with Crippen LogP contribution in [0.3, 0.4) is 0 Å². The molecular weight excluding hydrogens is 235 g/mol. The number of allylic oxidation sites excluding steroid dienone is 3. The van der Waals surface area contributed by atoms with Gasteiger partial charge in [0.25, 0.3) is 0 Å². The summed E-state index contributed by atoms with van der Waals surface area (Å²) in [6.45, 7) is 22.7. The number of hydrogen-bond donors (Lipinski definition) is 0. The van der Waals surface area contributed by atoms with Crippen LogP contribution in [-0.2, 0) is 0 Å². The molecule has 106 valence electrons. The molecule has 4 unspecified atom stereocenters. The zero-order valence-electron chi connectivity index (χ0n) is 13.7. The Morgan fingerprint density at radius 1 is 1.11 bits per heavy atom. The molecule has 0 aliphatic heterocycles. The van der Waals surface area contributed by atoms with E-state index in [0.29, 0.717) is 11.8 Å². The van der Waals surface area contributed by atoms with Crippen LogP contribution < -0.4 is 0 Å². The van der Waals surface area contributed by atoms with Gasteiger partial charge in [-0.05, 0) is 57.0 Å². The molecule has 0 aromatic carbocycles. The third-order valence-corrected chi connectivity index (χ3v) is 6.87. The molecule has 18 heavy (non-hydrogen) atoms. The molecule has 0 fully saturated rings. The summed E-state index contributed by atoms with van der Waals surface area (Å²) in [6, 6.07) is 0. The van der Waals surface area contributed by atoms with E-state index in [1.807, 2.05) is 0 Å². The zero-order valence-corrected chi connectivity index (χ0v) is 14.6. The summed E-state index contributed by atoms with van der Waals surface area (Å²) < 4.78 is 0. The highest BCUT2D eigenvalue weighted by Gasteiger charge is 2.19. The molecule has 0 spiro atoms. The van der Waals surface area contributed by atoms with Gasteiger partial charge in [0.05, 0.1) is 0 Å². The Balaban J connectivity index is 4.75. The molecule has 0 amide bonds. The van der Waals surface area contributed by atoms with Crippen molar-refractivity contribution >= 4 is 7.92 Å². The Labute approximate surface area is 117 Å². The molecule has 0 aromatic rings. The van der Waals surface area contributed by atoms with Crippen LogP contribution in [0, 0.1) is 17.8 Å². The van der Waals surface area contributed by atoms with E-state index in [1.54, 1.807) is 11.1 Å². The minimum Gasteiger partial charge on any atom is -0.110 e. The van der Waals surface area contributed by atoms with Gasteiger partial charge in [-0.25, -0.2) is 0 Å². The van der Waals surface area contributed by atoms with E-state index >= 15 is 0 Å². The van der Waals surface area contributed by atoms with Crippen LogP contribution in [-0.4, -0.2) is 19.0 Å². The first-order valence-corrected chi connectivity index (χ1v) is 9.48. The smallest absolute Gasteiger partial charge is 0.0167 e. The van der Waals surface area contributed by atoms with E-state index in [1.165, 1.54) is 6.42 Å². The lowest BCUT2D eigenvalue weighted by Gasteiger charge is -2.27. The Morgan fingerprint density at radius 3 is 2.00 bits per heavy atom. The molecule has 0 radical (unpaired) electrons. The van der Waals surface area contributed by atoms with Gasteiger partial charge in [0.15, 0.2) is 0 Å². The van der Waals surface area contributed by atoms with Crippen LogP contribution in [0.15, 0.2) is 23.8 Å². The average molecular weight is 268 g/mol. The Kier molecular flexibility index (Phi) is 8.11. The van der Waals surface area contributed by atoms with Crippen molar-refractivity contribution < 1.29 is 0 Å². The molecule has 0 rings (SSSR count). The van der Waals surface area contributed by atoms with Gasteiger partial charge in [-0.1, -0.05) is 44.9 Å². The zero-order chi connectivity index (χ0) is 14.5. The van der Waals surface area contributed by atoms with E-state index in [9.17, 15) is 0 Å². The topological polar surface area (TPSA) is 0 Å². The highest BCUT2D eigenvalue weighted by molar-refractivity contribution is 7.56. The molecule has 0 nitrogen and oxygen atoms in total. The minimum absolute atomic E-state index is 0.155. The van der Waals surface area contributed by atoms with Crippen molar-refractivity contribution in [2.75, 3.05) is 13.3 Å². The summed E-state index contributed by atoms with van der Waals surface area (Å²) in [4.78, 5) is 0. The largest absolute Gasteiger partial charge is 0.110 e. The predicted molar refractivity (Wildman–Crippen MR) is 88.9 cm³/mol. The number of rotatable bonds is 7. The maximum atomic E-state index is 3.91. The van der Waals surface area contributed by atoms with Gasteiger partial charge >= 0.3 is 0 Å². The van der Waals surface area contributed by atoms with Crippen LogP contribution in [0.1, 0.15) is 48.0 Å². The maximum Gasteiger partial charge on any atom is -0.0167 e. The highest BCUT2D eigenvalue weighted by atomic mass is 31.1. The second-order valence-corrected chi connectivity index (χ2v) is 8.97. The quantitative estimate of drug-likeness (QED) is 0.396. The molecule has 1 heteroatoms. The fourth-order valence-corrected chi connectivity index (χ4v) is 3.38. The molecule has 4 atom stereocenters. The van der Waals surface area contributed by atoms with Crippen molar-refractivity contribution in [2.45, 2.75) is 53.6 Å². The fourth-order valence-electron chi connectivity index (χ4n) is 2.26. The van der Waals surface area contributed by atoms with Crippen LogP contribution in [0.5, 0.6) is 0 Å². The molecule has 0 saturated carbocycles. The van der Waals surface area contributed by atoms with Crippen molar-refractivity contribution in [3.05, 3.63) is 23.8 Å². The minimum atomic E-state index is 0.155. The summed E-state index contributed by atoms with van der Waals surface area (Å²) in [5.41, 5.74) is 4.02. The first-order valence-electron chi connectivity index (χ1n) is 7.17. The molecular formula is C17H33P. The Morgan fingerprint density at radius 2 is 1.61 bits per heavy atom. The van der Waals surface area contributed by atoms with Gasteiger partial charge in [-0.3, -0.25) is 0 Å². The Bertz CT molecular complexity index is 288. The standard InChI is InChI=1S/C17H33P/c1-10-12(2)13(3)11-14(4)15(5)16(6)17(7)18(8)9/h10,12-13,16-17H,1,11H2,2-9H3/b15-14-. The average Bonchev–Trinajstić information content (AvgIpc) is 2.34. The fraction of sp³-hybridized carbons (Fsp3) is 0.765. The second-order valence-electron chi connectivity index (χ2n) is 6.23. The van der Waals surface area contributed by atoms with E-state index in [0.717, 1.165) is 11.6 Å². The highest BCUT2D eigenvalue weighted by Crippen LogP contribution is 2.40. The van der Waals surface area contributed by atoms with Crippen molar-refractivity contribution in [3.8, 4) is 0 Å². The molecule has 0 aliphatic carbocycles. The van der Waals surface area contributed by atoms with Gasteiger partial charge in [0.2, 0.25) is 0 Å². The molecule has 0 aromatic heterocycles. The summed E-state index contributed by atoms with van der Waals surface area (Å²) in [7, 11) is 0.155. The number of hydrogen-bond acceptors (Lipinski definition) is 0. The summed E-state index contributed by atoms with van der Waals surface area (Å²) in [6.07, 6.45) is 3.29. The van der Waals surface area contributed by atoms with Gasteiger partial charge in [-0.2, -0.15) is 0 Å². The lowest BCUT2D eigenvalue weighted by atomic mass is 9.86. The second kappa shape index (κ2) is 8.16. The lowest BCUT2D eigenvalue weighted by Crippen LogP contribution is -2.15. The van der Waals surface area contributed by atoms with E-state index in [4.69, 9.17) is 0 Å². The SMILES string of the molecule is C=CC(C)C(C)C/C(C)=C(/C)C(C)C(C)P(C)C. The van der Waals surface area contributed by atoms with E-state index < -0.39 is 0 Å². The van der Waals surface area contributed by atoms with E-state index in [-0.39, 0.29) is 7.92 Å². The van der Waals surface area contributed by atoms with Crippen molar-refractivity contribution in [2.24, 2.45) is 17.8 Å². The van der Waals surface area contributed by atoms with Crippen LogP contribution >= 0.6 is 7.92 Å². The summed E-state index contributed by atoms with van der Waals surface area (Å²) in [5.74, 6) is 2.03. The molecule has 0 N–H and O–H groups in total. The van der Waals surface area contributed by atoms with Crippen LogP contribution in [0.2, 0.25) is 0 Å².